The summed E-state index contributed by atoms with van der Waals surface area (Å²) < 4.78 is 13.4. The fourth-order valence-electron chi connectivity index (χ4n) is 1.11. The van der Waals surface area contributed by atoms with Gasteiger partial charge < -0.3 is 0 Å². The lowest BCUT2D eigenvalue weighted by Gasteiger charge is -2.01. The van der Waals surface area contributed by atoms with Crippen LogP contribution in [0.2, 0.25) is 0 Å². The molecule has 0 aliphatic carbocycles. The predicted molar refractivity (Wildman–Crippen MR) is 58.1 cm³/mol. The largest absolute Gasteiger partial charge is 0.272 e. The third-order valence-electron chi connectivity index (χ3n) is 1.72. The van der Waals surface area contributed by atoms with Crippen LogP contribution in [0.15, 0.2) is 27.7 Å². The Morgan fingerprint density at radius 3 is 2.86 bits per heavy atom. The minimum atomic E-state index is -0.310. The van der Waals surface area contributed by atoms with E-state index in [0.29, 0.717) is 15.3 Å². The molecule has 0 spiro atoms. The van der Waals surface area contributed by atoms with Gasteiger partial charge in [-0.05, 0) is 34.1 Å². The van der Waals surface area contributed by atoms with E-state index in [4.69, 9.17) is 0 Å². The Morgan fingerprint density at radius 2 is 2.29 bits per heavy atom. The summed E-state index contributed by atoms with van der Waals surface area (Å²) in [6.07, 6.45) is 0. The molecule has 0 aromatic heterocycles. The van der Waals surface area contributed by atoms with Crippen molar-refractivity contribution in [3.05, 3.63) is 34.1 Å². The number of hydrogen-bond acceptors (Lipinski definition) is 2. The number of aliphatic imine (C=N–C) groups is 1. The van der Waals surface area contributed by atoms with Gasteiger partial charge in [-0.2, -0.15) is 0 Å². The molecule has 1 aliphatic heterocycles. The Morgan fingerprint density at radius 1 is 1.50 bits per heavy atom. The number of amides is 1. The number of nitrogens with zero attached hydrogens (tertiary/aromatic N) is 1. The molecule has 0 fully saturated rings. The summed E-state index contributed by atoms with van der Waals surface area (Å²) in [7, 11) is 0. The van der Waals surface area contributed by atoms with E-state index in [0.717, 1.165) is 5.56 Å². The SMILES string of the molecule is O=C1CSC(c2ccc(F)cc2Br)=N1. The Labute approximate surface area is 92.7 Å². The van der Waals surface area contributed by atoms with Gasteiger partial charge in [0.1, 0.15) is 10.9 Å². The lowest BCUT2D eigenvalue weighted by molar-refractivity contribution is -0.115. The molecule has 1 aliphatic rings. The predicted octanol–water partition coefficient (Wildman–Crippen LogP) is 2.61. The molecule has 0 saturated carbocycles. The zero-order valence-corrected chi connectivity index (χ0v) is 9.36. The average Bonchev–Trinajstić information content (AvgIpc) is 2.51. The number of rotatable bonds is 1. The standard InChI is InChI=1S/C9H5BrFNOS/c10-7-3-5(11)1-2-6(7)9-12-8(13)4-14-9/h1-3H,4H2. The molecule has 72 valence electrons. The quantitative estimate of drug-likeness (QED) is 0.787. The van der Waals surface area contributed by atoms with Crippen molar-refractivity contribution < 1.29 is 9.18 Å². The van der Waals surface area contributed by atoms with Crippen LogP contribution in [0.5, 0.6) is 0 Å². The van der Waals surface area contributed by atoms with E-state index in [2.05, 4.69) is 20.9 Å². The molecule has 0 unspecified atom stereocenters. The van der Waals surface area contributed by atoms with Gasteiger partial charge in [-0.1, -0.05) is 11.8 Å². The van der Waals surface area contributed by atoms with E-state index in [9.17, 15) is 9.18 Å². The van der Waals surface area contributed by atoms with Crippen LogP contribution in [0.3, 0.4) is 0 Å². The maximum Gasteiger partial charge on any atom is 0.257 e. The molecule has 14 heavy (non-hydrogen) atoms. The molecule has 0 saturated heterocycles. The zero-order valence-electron chi connectivity index (χ0n) is 6.96. The second kappa shape index (κ2) is 3.82. The van der Waals surface area contributed by atoms with Crippen molar-refractivity contribution in [2.75, 3.05) is 5.75 Å². The van der Waals surface area contributed by atoms with Crippen LogP contribution in [0.1, 0.15) is 5.56 Å². The van der Waals surface area contributed by atoms with E-state index >= 15 is 0 Å². The summed E-state index contributed by atoms with van der Waals surface area (Å²) in [4.78, 5) is 14.7. The first kappa shape index (κ1) is 9.86. The van der Waals surface area contributed by atoms with Gasteiger partial charge in [0, 0.05) is 10.0 Å². The van der Waals surface area contributed by atoms with Crippen LogP contribution in [-0.2, 0) is 4.79 Å². The van der Waals surface area contributed by atoms with Crippen LogP contribution in [0, 0.1) is 5.82 Å². The van der Waals surface area contributed by atoms with Gasteiger partial charge in [0.05, 0.1) is 5.75 Å². The highest BCUT2D eigenvalue weighted by Gasteiger charge is 2.18. The maximum atomic E-state index is 12.8. The van der Waals surface area contributed by atoms with Gasteiger partial charge in [0.2, 0.25) is 0 Å². The van der Waals surface area contributed by atoms with Crippen molar-refractivity contribution >= 4 is 38.6 Å². The third-order valence-corrected chi connectivity index (χ3v) is 3.35. The Hall–Kier alpha value is -0.680. The number of benzene rings is 1. The molecule has 5 heteroatoms. The van der Waals surface area contributed by atoms with Gasteiger partial charge in [-0.25, -0.2) is 9.38 Å². The first-order valence-corrected chi connectivity index (χ1v) is 5.64. The Kier molecular flexibility index (Phi) is 2.69. The zero-order chi connectivity index (χ0) is 10.1. The van der Waals surface area contributed by atoms with Crippen LogP contribution in [0.25, 0.3) is 0 Å². The minimum Gasteiger partial charge on any atom is -0.272 e. The van der Waals surface area contributed by atoms with Crippen molar-refractivity contribution in [1.82, 2.24) is 0 Å². The summed E-state index contributed by atoms with van der Waals surface area (Å²) in [6, 6.07) is 4.33. The second-order valence-electron chi connectivity index (χ2n) is 2.72. The number of hydrogen-bond donors (Lipinski definition) is 0. The highest BCUT2D eigenvalue weighted by atomic mass is 79.9. The molecular weight excluding hydrogens is 269 g/mol. The van der Waals surface area contributed by atoms with Crippen molar-refractivity contribution in [3.8, 4) is 0 Å². The number of carbonyl (C=O) groups is 1. The molecule has 2 rings (SSSR count). The summed E-state index contributed by atoms with van der Waals surface area (Å²) in [5, 5.41) is 0.655. The fraction of sp³-hybridized carbons (Fsp3) is 0.111. The monoisotopic (exact) mass is 273 g/mol. The van der Waals surface area contributed by atoms with Gasteiger partial charge >= 0.3 is 0 Å². The average molecular weight is 274 g/mol. The highest BCUT2D eigenvalue weighted by molar-refractivity contribution is 9.10. The summed E-state index contributed by atoms with van der Waals surface area (Å²) in [6.45, 7) is 0. The topological polar surface area (TPSA) is 29.4 Å². The number of thioether (sulfide) groups is 1. The number of halogens is 2. The van der Waals surface area contributed by atoms with Gasteiger partial charge in [0.15, 0.2) is 0 Å². The minimum absolute atomic E-state index is 0.138. The molecular formula is C9H5BrFNOS. The van der Waals surface area contributed by atoms with E-state index in [-0.39, 0.29) is 11.7 Å². The molecule has 0 bridgehead atoms. The van der Waals surface area contributed by atoms with Gasteiger partial charge in [-0.15, -0.1) is 0 Å². The molecule has 1 heterocycles. The van der Waals surface area contributed by atoms with Crippen LogP contribution in [0.4, 0.5) is 4.39 Å². The second-order valence-corrected chi connectivity index (χ2v) is 4.54. The molecule has 0 atom stereocenters. The van der Waals surface area contributed by atoms with Crippen molar-refractivity contribution in [2.24, 2.45) is 4.99 Å². The normalized spacial score (nSPS) is 15.9. The Bertz CT molecular complexity index is 433. The first-order chi connectivity index (χ1) is 6.66. The number of carbonyl (C=O) groups excluding carboxylic acids is 1. The fourth-order valence-corrected chi connectivity index (χ4v) is 2.60. The summed E-state index contributed by atoms with van der Waals surface area (Å²) >= 11 is 4.60. The van der Waals surface area contributed by atoms with Crippen molar-refractivity contribution in [2.45, 2.75) is 0 Å². The molecule has 1 aromatic carbocycles. The van der Waals surface area contributed by atoms with Gasteiger partial charge in [-0.3, -0.25) is 4.79 Å². The summed E-state index contributed by atoms with van der Waals surface area (Å²) in [5.74, 6) is -0.0733. The van der Waals surface area contributed by atoms with E-state index in [1.54, 1.807) is 6.07 Å². The van der Waals surface area contributed by atoms with Crippen molar-refractivity contribution in [3.63, 3.8) is 0 Å². The lowest BCUT2D eigenvalue weighted by atomic mass is 10.2. The molecule has 1 aromatic rings. The Balaban J connectivity index is 2.42. The van der Waals surface area contributed by atoms with E-state index < -0.39 is 0 Å². The smallest absolute Gasteiger partial charge is 0.257 e. The molecule has 1 amide bonds. The van der Waals surface area contributed by atoms with Gasteiger partial charge in [0.25, 0.3) is 5.91 Å². The van der Waals surface area contributed by atoms with Crippen LogP contribution in [-0.4, -0.2) is 16.7 Å². The van der Waals surface area contributed by atoms with E-state index in [1.807, 2.05) is 0 Å². The molecule has 2 nitrogen and oxygen atoms in total. The first-order valence-electron chi connectivity index (χ1n) is 3.86. The van der Waals surface area contributed by atoms with Crippen LogP contribution < -0.4 is 0 Å². The molecule has 0 N–H and O–H groups in total. The lowest BCUT2D eigenvalue weighted by Crippen LogP contribution is -1.93. The van der Waals surface area contributed by atoms with Crippen LogP contribution >= 0.6 is 27.7 Å². The molecule has 0 radical (unpaired) electrons. The third kappa shape index (κ3) is 1.88. The maximum absolute atomic E-state index is 12.8. The summed E-state index contributed by atoms with van der Waals surface area (Å²) in [5.41, 5.74) is 0.766. The van der Waals surface area contributed by atoms with E-state index in [1.165, 1.54) is 23.9 Å². The van der Waals surface area contributed by atoms with Crippen molar-refractivity contribution in [1.29, 1.82) is 0 Å². The highest BCUT2D eigenvalue weighted by Crippen LogP contribution is 2.26.